The zero-order valence-electron chi connectivity index (χ0n) is 15.3. The molecule has 0 fully saturated rings. The van der Waals surface area contributed by atoms with Crippen LogP contribution in [-0.2, 0) is 17.8 Å². The lowest BCUT2D eigenvalue weighted by atomic mass is 10.0. The molecule has 3 aromatic rings. The highest BCUT2D eigenvalue weighted by Gasteiger charge is 2.16. The molecule has 3 N–H and O–H groups in total. The largest absolute Gasteiger partial charge is 0.454 e. The van der Waals surface area contributed by atoms with Crippen LogP contribution in [-0.4, -0.2) is 23.3 Å². The quantitative estimate of drug-likeness (QED) is 0.703. The van der Waals surface area contributed by atoms with Gasteiger partial charge in [0.2, 0.25) is 12.7 Å². The van der Waals surface area contributed by atoms with Gasteiger partial charge in [-0.15, -0.1) is 0 Å². The fourth-order valence-corrected chi connectivity index (χ4v) is 3.37. The maximum Gasteiger partial charge on any atom is 0.244 e. The Morgan fingerprint density at radius 1 is 1.22 bits per heavy atom. The van der Waals surface area contributed by atoms with Gasteiger partial charge >= 0.3 is 0 Å². The number of carbonyl (C=O) groups is 1. The van der Waals surface area contributed by atoms with Crippen LogP contribution in [0.1, 0.15) is 18.9 Å². The number of nitrogens with one attached hydrogen (secondary N) is 1. The zero-order chi connectivity index (χ0) is 18.8. The Morgan fingerprint density at radius 3 is 2.89 bits per heavy atom. The van der Waals surface area contributed by atoms with E-state index in [1.807, 2.05) is 35.0 Å². The molecule has 2 aromatic carbocycles. The molecule has 2 heterocycles. The van der Waals surface area contributed by atoms with Crippen molar-refractivity contribution in [2.24, 2.45) is 5.73 Å². The van der Waals surface area contributed by atoms with Crippen LogP contribution in [0.25, 0.3) is 10.9 Å². The van der Waals surface area contributed by atoms with Gasteiger partial charge in [0.25, 0.3) is 0 Å². The van der Waals surface area contributed by atoms with E-state index >= 15 is 0 Å². The van der Waals surface area contributed by atoms with Crippen LogP contribution in [0.4, 0.5) is 5.69 Å². The minimum Gasteiger partial charge on any atom is -0.454 e. The highest BCUT2D eigenvalue weighted by molar-refractivity contribution is 5.93. The number of benzene rings is 2. The van der Waals surface area contributed by atoms with Crippen molar-refractivity contribution >= 4 is 22.5 Å². The van der Waals surface area contributed by atoms with Gasteiger partial charge in [-0.2, -0.15) is 0 Å². The topological polar surface area (TPSA) is 78.5 Å². The molecule has 1 amide bonds. The molecule has 6 nitrogen and oxygen atoms in total. The van der Waals surface area contributed by atoms with Crippen molar-refractivity contribution in [3.8, 4) is 11.5 Å². The number of para-hydroxylation sites is 1. The molecule has 0 aliphatic carbocycles. The van der Waals surface area contributed by atoms with E-state index in [4.69, 9.17) is 15.2 Å². The zero-order valence-corrected chi connectivity index (χ0v) is 15.3. The van der Waals surface area contributed by atoms with Gasteiger partial charge in [-0.25, -0.2) is 0 Å². The van der Waals surface area contributed by atoms with Crippen LogP contribution in [0.5, 0.6) is 11.5 Å². The van der Waals surface area contributed by atoms with E-state index in [-0.39, 0.29) is 25.3 Å². The molecule has 0 saturated heterocycles. The minimum atomic E-state index is -0.0963. The molecule has 0 radical (unpaired) electrons. The van der Waals surface area contributed by atoms with Crippen LogP contribution in [0, 0.1) is 0 Å². The molecule has 1 aliphatic rings. The lowest BCUT2D eigenvalue weighted by Crippen LogP contribution is -2.21. The SMILES string of the molecule is CCC(N)Cc1cn(CC(=O)Nc2ccc3c(c2)OCO3)c2ccccc12. The summed E-state index contributed by atoms with van der Waals surface area (Å²) in [6.07, 6.45) is 3.76. The van der Waals surface area contributed by atoms with E-state index in [9.17, 15) is 4.79 Å². The molecule has 0 saturated carbocycles. The summed E-state index contributed by atoms with van der Waals surface area (Å²) in [5.74, 6) is 1.25. The van der Waals surface area contributed by atoms with Crippen molar-refractivity contribution in [2.45, 2.75) is 32.4 Å². The van der Waals surface area contributed by atoms with Gasteiger partial charge in [-0.3, -0.25) is 4.79 Å². The molecular formula is C21H23N3O3. The summed E-state index contributed by atoms with van der Waals surface area (Å²) >= 11 is 0. The molecule has 140 valence electrons. The fraction of sp³-hybridized carbons (Fsp3) is 0.286. The number of carbonyl (C=O) groups excluding carboxylic acids is 1. The third-order valence-corrected chi connectivity index (χ3v) is 4.85. The number of hydrogen-bond acceptors (Lipinski definition) is 4. The second kappa shape index (κ2) is 7.32. The minimum absolute atomic E-state index is 0.0963. The van der Waals surface area contributed by atoms with Gasteiger partial charge in [0.05, 0.1) is 0 Å². The molecular weight excluding hydrogens is 342 g/mol. The average Bonchev–Trinajstić information content (AvgIpc) is 3.26. The summed E-state index contributed by atoms with van der Waals surface area (Å²) in [6, 6.07) is 13.6. The van der Waals surface area contributed by atoms with E-state index in [1.54, 1.807) is 12.1 Å². The summed E-state index contributed by atoms with van der Waals surface area (Å²) < 4.78 is 12.6. The third kappa shape index (κ3) is 3.61. The highest BCUT2D eigenvalue weighted by Crippen LogP contribution is 2.34. The van der Waals surface area contributed by atoms with Gasteiger partial charge < -0.3 is 25.1 Å². The molecule has 1 unspecified atom stereocenters. The fourth-order valence-electron chi connectivity index (χ4n) is 3.37. The second-order valence-electron chi connectivity index (χ2n) is 6.79. The Kier molecular flexibility index (Phi) is 4.73. The first-order chi connectivity index (χ1) is 13.1. The number of rotatable bonds is 6. The maximum absolute atomic E-state index is 12.6. The Bertz CT molecular complexity index is 980. The lowest BCUT2D eigenvalue weighted by molar-refractivity contribution is -0.116. The molecule has 6 heteroatoms. The monoisotopic (exact) mass is 365 g/mol. The smallest absolute Gasteiger partial charge is 0.244 e. The van der Waals surface area contributed by atoms with Crippen LogP contribution in [0.15, 0.2) is 48.7 Å². The molecule has 1 atom stereocenters. The normalized spacial score (nSPS) is 13.7. The molecule has 4 rings (SSSR count). The summed E-state index contributed by atoms with van der Waals surface area (Å²) in [5, 5.41) is 4.08. The van der Waals surface area contributed by atoms with Crippen molar-refractivity contribution in [2.75, 3.05) is 12.1 Å². The molecule has 1 aromatic heterocycles. The van der Waals surface area contributed by atoms with Gasteiger partial charge in [0, 0.05) is 34.9 Å². The van der Waals surface area contributed by atoms with Crippen molar-refractivity contribution in [3.05, 3.63) is 54.2 Å². The predicted octanol–water partition coefficient (Wildman–Crippen LogP) is 3.29. The van der Waals surface area contributed by atoms with Crippen LogP contribution in [0.3, 0.4) is 0 Å². The van der Waals surface area contributed by atoms with Crippen molar-refractivity contribution in [1.82, 2.24) is 4.57 Å². The number of nitrogens with two attached hydrogens (primary N) is 1. The Balaban J connectivity index is 1.53. The van der Waals surface area contributed by atoms with Crippen LogP contribution < -0.4 is 20.5 Å². The first kappa shape index (κ1) is 17.4. The third-order valence-electron chi connectivity index (χ3n) is 4.85. The van der Waals surface area contributed by atoms with E-state index in [2.05, 4.69) is 18.3 Å². The first-order valence-electron chi connectivity index (χ1n) is 9.16. The first-order valence-corrected chi connectivity index (χ1v) is 9.16. The Hall–Kier alpha value is -2.99. The van der Waals surface area contributed by atoms with E-state index in [1.165, 1.54) is 5.56 Å². The van der Waals surface area contributed by atoms with E-state index in [0.717, 1.165) is 23.7 Å². The molecule has 1 aliphatic heterocycles. The second-order valence-corrected chi connectivity index (χ2v) is 6.79. The molecule has 0 bridgehead atoms. The van der Waals surface area contributed by atoms with Crippen LogP contribution >= 0.6 is 0 Å². The number of hydrogen-bond donors (Lipinski definition) is 2. The molecule has 27 heavy (non-hydrogen) atoms. The van der Waals surface area contributed by atoms with Crippen molar-refractivity contribution < 1.29 is 14.3 Å². The van der Waals surface area contributed by atoms with Gasteiger partial charge in [0.1, 0.15) is 6.54 Å². The number of nitrogens with zero attached hydrogens (tertiary/aromatic N) is 1. The predicted molar refractivity (Wildman–Crippen MR) is 105 cm³/mol. The van der Waals surface area contributed by atoms with Gasteiger partial charge in [-0.05, 0) is 36.6 Å². The summed E-state index contributed by atoms with van der Waals surface area (Å²) in [6.45, 7) is 2.53. The maximum atomic E-state index is 12.6. The summed E-state index contributed by atoms with van der Waals surface area (Å²) in [4.78, 5) is 12.6. The number of aromatic nitrogens is 1. The van der Waals surface area contributed by atoms with E-state index < -0.39 is 0 Å². The van der Waals surface area contributed by atoms with Gasteiger partial charge in [0.15, 0.2) is 11.5 Å². The van der Waals surface area contributed by atoms with E-state index in [0.29, 0.717) is 17.2 Å². The van der Waals surface area contributed by atoms with Crippen LogP contribution in [0.2, 0.25) is 0 Å². The standard InChI is InChI=1S/C21H23N3O3/c1-2-15(22)9-14-11-24(18-6-4-3-5-17(14)18)12-21(25)23-16-7-8-19-20(10-16)27-13-26-19/h3-8,10-11,15H,2,9,12-13,22H2,1H3,(H,23,25). The number of anilines is 1. The summed E-state index contributed by atoms with van der Waals surface area (Å²) in [5.41, 5.74) is 9.05. The average molecular weight is 365 g/mol. The molecule has 0 spiro atoms. The Morgan fingerprint density at radius 2 is 2.04 bits per heavy atom. The van der Waals surface area contributed by atoms with Crippen molar-refractivity contribution in [1.29, 1.82) is 0 Å². The van der Waals surface area contributed by atoms with Crippen molar-refractivity contribution in [3.63, 3.8) is 0 Å². The Labute approximate surface area is 157 Å². The van der Waals surface area contributed by atoms with Gasteiger partial charge in [-0.1, -0.05) is 25.1 Å². The number of amides is 1. The highest BCUT2D eigenvalue weighted by atomic mass is 16.7. The number of ether oxygens (including phenoxy) is 2. The summed E-state index contributed by atoms with van der Waals surface area (Å²) in [7, 11) is 0. The lowest BCUT2D eigenvalue weighted by Gasteiger charge is -2.08. The number of fused-ring (bicyclic) bond motifs is 2.